The number of nitrogens with one attached hydrogen (secondary N) is 1. The van der Waals surface area contributed by atoms with Gasteiger partial charge in [0.15, 0.2) is 5.60 Å². The van der Waals surface area contributed by atoms with Gasteiger partial charge in [0.25, 0.3) is 0 Å². The average molecular weight is 280 g/mol. The van der Waals surface area contributed by atoms with Gasteiger partial charge in [-0.25, -0.2) is 0 Å². The third-order valence-electron chi connectivity index (χ3n) is 4.19. The molecule has 0 aromatic heterocycles. The lowest BCUT2D eigenvalue weighted by Crippen LogP contribution is -2.32. The van der Waals surface area contributed by atoms with E-state index in [9.17, 15) is 5.26 Å². The van der Waals surface area contributed by atoms with Crippen molar-refractivity contribution in [2.24, 2.45) is 5.92 Å². The molecule has 2 unspecified atom stereocenters. The number of benzene rings is 1. The second kappa shape index (κ2) is 6.26. The minimum atomic E-state index is -0.817. The van der Waals surface area contributed by atoms with Crippen molar-refractivity contribution in [3.63, 3.8) is 0 Å². The van der Waals surface area contributed by atoms with Gasteiger partial charge in [0.05, 0.1) is 6.61 Å². The van der Waals surface area contributed by atoms with Crippen molar-refractivity contribution in [3.8, 4) is 6.07 Å². The lowest BCUT2D eigenvalue weighted by Gasteiger charge is -2.28. The molecule has 0 radical (unpaired) electrons. The van der Waals surface area contributed by atoms with Crippen LogP contribution in [-0.2, 0) is 4.74 Å². The molecule has 1 saturated heterocycles. The first-order valence-electron chi connectivity index (χ1n) is 7.51. The summed E-state index contributed by atoms with van der Waals surface area (Å²) in [6, 6.07) is 12.6. The van der Waals surface area contributed by atoms with Gasteiger partial charge in [0.2, 0.25) is 0 Å². The first-order chi connectivity index (χ1) is 10.3. The van der Waals surface area contributed by atoms with Crippen molar-refractivity contribution in [1.29, 1.82) is 5.26 Å². The topological polar surface area (TPSA) is 45.0 Å². The van der Waals surface area contributed by atoms with E-state index in [4.69, 9.17) is 4.74 Å². The van der Waals surface area contributed by atoms with Gasteiger partial charge >= 0.3 is 0 Å². The zero-order chi connectivity index (χ0) is 14.5. The van der Waals surface area contributed by atoms with Crippen LogP contribution in [0, 0.1) is 17.2 Å². The predicted molar refractivity (Wildman–Crippen MR) is 83.4 cm³/mol. The van der Waals surface area contributed by atoms with E-state index in [-0.39, 0.29) is 0 Å². The van der Waals surface area contributed by atoms with Crippen molar-refractivity contribution in [2.45, 2.75) is 18.4 Å². The molecule has 0 spiro atoms. The second-order valence-electron chi connectivity index (χ2n) is 5.76. The quantitative estimate of drug-likeness (QED) is 0.922. The molecule has 1 heterocycles. The van der Waals surface area contributed by atoms with Crippen molar-refractivity contribution < 1.29 is 4.74 Å². The number of hydrogen-bond acceptors (Lipinski definition) is 3. The number of nitrogens with zero attached hydrogens (tertiary/aromatic N) is 1. The molecule has 3 nitrogen and oxygen atoms in total. The lowest BCUT2D eigenvalue weighted by atomic mass is 9.87. The summed E-state index contributed by atoms with van der Waals surface area (Å²) in [4.78, 5) is 0. The largest absolute Gasteiger partial charge is 0.356 e. The van der Waals surface area contributed by atoms with Crippen LogP contribution in [0.3, 0.4) is 0 Å². The van der Waals surface area contributed by atoms with Crippen molar-refractivity contribution >= 4 is 5.57 Å². The Morgan fingerprint density at radius 1 is 1.33 bits per heavy atom. The Hall–Kier alpha value is -1.89. The summed E-state index contributed by atoms with van der Waals surface area (Å²) < 4.78 is 6.03. The Labute approximate surface area is 125 Å². The van der Waals surface area contributed by atoms with E-state index in [2.05, 4.69) is 29.6 Å². The number of hydrogen-bond donors (Lipinski definition) is 1. The Bertz CT molecular complexity index is 579. The van der Waals surface area contributed by atoms with Gasteiger partial charge in [0, 0.05) is 13.0 Å². The first-order valence-corrected chi connectivity index (χ1v) is 7.51. The van der Waals surface area contributed by atoms with Crippen LogP contribution in [0.2, 0.25) is 0 Å². The maximum absolute atomic E-state index is 9.61. The highest BCUT2D eigenvalue weighted by Crippen LogP contribution is 2.32. The Morgan fingerprint density at radius 2 is 2.19 bits per heavy atom. The second-order valence-corrected chi connectivity index (χ2v) is 5.76. The molecule has 1 N–H and O–H groups in total. The van der Waals surface area contributed by atoms with Crippen molar-refractivity contribution in [1.82, 2.24) is 5.32 Å². The minimum absolute atomic E-state index is 0.523. The minimum Gasteiger partial charge on any atom is -0.356 e. The normalized spacial score (nSPS) is 28.1. The molecule has 2 atom stereocenters. The van der Waals surface area contributed by atoms with Crippen LogP contribution in [0.1, 0.15) is 18.4 Å². The molecule has 1 aliphatic carbocycles. The Kier molecular flexibility index (Phi) is 4.19. The molecule has 0 bridgehead atoms. The van der Waals surface area contributed by atoms with Gasteiger partial charge in [-0.2, -0.15) is 5.26 Å². The molecular formula is C18H20N2O. The van der Waals surface area contributed by atoms with E-state index in [1.165, 1.54) is 0 Å². The van der Waals surface area contributed by atoms with E-state index >= 15 is 0 Å². The number of nitriles is 1. The van der Waals surface area contributed by atoms with Crippen molar-refractivity contribution in [3.05, 3.63) is 54.1 Å². The van der Waals surface area contributed by atoms with Gasteiger partial charge in [0.1, 0.15) is 6.07 Å². The number of ether oxygens (including phenoxy) is 1. The van der Waals surface area contributed by atoms with E-state index in [0.29, 0.717) is 18.9 Å². The molecule has 3 rings (SSSR count). The van der Waals surface area contributed by atoms with Gasteiger partial charge in [-0.3, -0.25) is 0 Å². The highest BCUT2D eigenvalue weighted by Gasteiger charge is 2.32. The highest BCUT2D eigenvalue weighted by atomic mass is 16.5. The summed E-state index contributed by atoms with van der Waals surface area (Å²) in [5, 5.41) is 12.9. The molecule has 1 aromatic rings. The van der Waals surface area contributed by atoms with E-state index in [0.717, 1.165) is 30.6 Å². The number of allylic oxidation sites excluding steroid dienone is 2. The van der Waals surface area contributed by atoms with Gasteiger partial charge < -0.3 is 10.1 Å². The maximum Gasteiger partial charge on any atom is 0.177 e. The molecule has 1 aliphatic heterocycles. The van der Waals surface area contributed by atoms with E-state index < -0.39 is 5.60 Å². The standard InChI is InChI=1S/C18H20N2O/c19-14-18(21-13-15-8-10-20-12-15)9-4-7-17(11-18)16-5-2-1-3-6-16/h1-7,9,15,20H,8,10-13H2. The monoisotopic (exact) mass is 280 g/mol. The summed E-state index contributed by atoms with van der Waals surface area (Å²) in [7, 11) is 0. The Morgan fingerprint density at radius 3 is 2.90 bits per heavy atom. The third-order valence-corrected chi connectivity index (χ3v) is 4.19. The summed E-state index contributed by atoms with van der Waals surface area (Å²) in [6.45, 7) is 2.69. The lowest BCUT2D eigenvalue weighted by molar-refractivity contribution is 0.0169. The molecule has 1 fully saturated rings. The molecule has 0 amide bonds. The van der Waals surface area contributed by atoms with Crippen LogP contribution in [0.15, 0.2) is 48.6 Å². The zero-order valence-corrected chi connectivity index (χ0v) is 12.1. The summed E-state index contributed by atoms with van der Waals surface area (Å²) in [5.74, 6) is 0.523. The molecular weight excluding hydrogens is 260 g/mol. The van der Waals surface area contributed by atoms with Gasteiger partial charge in [-0.1, -0.05) is 42.5 Å². The first kappa shape index (κ1) is 14.1. The smallest absolute Gasteiger partial charge is 0.177 e. The molecule has 0 saturated carbocycles. The fraction of sp³-hybridized carbons (Fsp3) is 0.389. The van der Waals surface area contributed by atoms with E-state index in [1.54, 1.807) is 0 Å². The summed E-state index contributed by atoms with van der Waals surface area (Å²) in [6.07, 6.45) is 7.66. The SMILES string of the molecule is N#CC1(OCC2CCNC2)C=CC=C(c2ccccc2)C1. The van der Waals surface area contributed by atoms with Crippen molar-refractivity contribution in [2.75, 3.05) is 19.7 Å². The van der Waals surface area contributed by atoms with Gasteiger partial charge in [-0.15, -0.1) is 0 Å². The Balaban J connectivity index is 1.71. The molecule has 1 aromatic carbocycles. The predicted octanol–water partition coefficient (Wildman–Crippen LogP) is 2.92. The number of rotatable bonds is 4. The third kappa shape index (κ3) is 3.24. The average Bonchev–Trinajstić information content (AvgIpc) is 3.08. The molecule has 2 aliphatic rings. The fourth-order valence-electron chi connectivity index (χ4n) is 2.90. The molecule has 108 valence electrons. The van der Waals surface area contributed by atoms with Gasteiger partial charge in [-0.05, 0) is 36.1 Å². The van der Waals surface area contributed by atoms with Crippen LogP contribution in [-0.4, -0.2) is 25.3 Å². The molecule has 21 heavy (non-hydrogen) atoms. The van der Waals surface area contributed by atoms with Crippen LogP contribution < -0.4 is 5.32 Å². The van der Waals surface area contributed by atoms with Crippen LogP contribution >= 0.6 is 0 Å². The summed E-state index contributed by atoms with van der Waals surface area (Å²) in [5.41, 5.74) is 1.50. The van der Waals surface area contributed by atoms with Crippen LogP contribution in [0.4, 0.5) is 0 Å². The fourth-order valence-corrected chi connectivity index (χ4v) is 2.90. The van der Waals surface area contributed by atoms with E-state index in [1.807, 2.05) is 30.4 Å². The van der Waals surface area contributed by atoms with Crippen LogP contribution in [0.25, 0.3) is 5.57 Å². The van der Waals surface area contributed by atoms with Crippen LogP contribution in [0.5, 0.6) is 0 Å². The summed E-state index contributed by atoms with van der Waals surface area (Å²) >= 11 is 0. The highest BCUT2D eigenvalue weighted by molar-refractivity contribution is 5.70. The molecule has 3 heteroatoms. The zero-order valence-electron chi connectivity index (χ0n) is 12.1. The maximum atomic E-state index is 9.61.